The van der Waals surface area contributed by atoms with Gasteiger partial charge in [0.15, 0.2) is 0 Å². The Morgan fingerprint density at radius 3 is 2.61 bits per heavy atom. The first-order valence-electron chi connectivity index (χ1n) is 5.38. The first-order chi connectivity index (χ1) is 8.49. The normalized spacial score (nSPS) is 12.5. The highest BCUT2D eigenvalue weighted by molar-refractivity contribution is 14.1. The van der Waals surface area contributed by atoms with Crippen molar-refractivity contribution in [1.29, 1.82) is 0 Å². The third-order valence-electron chi connectivity index (χ3n) is 2.75. The number of hydrogen-bond acceptors (Lipinski definition) is 1. The average molecular weight is 421 g/mol. The molecule has 0 saturated carbocycles. The molecule has 0 radical (unpaired) electrons. The number of aliphatic hydroxyl groups excluding tert-OH is 1. The number of benzene rings is 2. The molecule has 0 spiro atoms. The molecule has 2 rings (SSSR count). The molecule has 18 heavy (non-hydrogen) atoms. The summed E-state index contributed by atoms with van der Waals surface area (Å²) in [6.07, 6.45) is -0.742. The maximum atomic E-state index is 13.2. The van der Waals surface area contributed by atoms with E-state index in [4.69, 9.17) is 0 Å². The second-order valence-electron chi connectivity index (χ2n) is 4.08. The summed E-state index contributed by atoms with van der Waals surface area (Å²) in [5.74, 6) is -0.255. The van der Waals surface area contributed by atoms with Crippen molar-refractivity contribution >= 4 is 38.5 Å². The first-order valence-corrected chi connectivity index (χ1v) is 7.25. The van der Waals surface area contributed by atoms with Gasteiger partial charge in [0.1, 0.15) is 11.9 Å². The van der Waals surface area contributed by atoms with E-state index in [1.807, 2.05) is 18.2 Å². The third-order valence-corrected chi connectivity index (χ3v) is 4.23. The molecule has 0 heterocycles. The number of aryl methyl sites for hydroxylation is 1. The monoisotopic (exact) mass is 420 g/mol. The molecule has 0 amide bonds. The molecular formula is C14H11BrFIO. The van der Waals surface area contributed by atoms with Crippen LogP contribution in [0.1, 0.15) is 22.8 Å². The van der Waals surface area contributed by atoms with E-state index < -0.39 is 6.10 Å². The van der Waals surface area contributed by atoms with E-state index in [9.17, 15) is 9.50 Å². The minimum Gasteiger partial charge on any atom is -0.384 e. The van der Waals surface area contributed by atoms with E-state index >= 15 is 0 Å². The number of hydrogen-bond donors (Lipinski definition) is 1. The number of rotatable bonds is 2. The lowest BCUT2D eigenvalue weighted by Crippen LogP contribution is -2.03. The van der Waals surface area contributed by atoms with Crippen LogP contribution in [0, 0.1) is 16.3 Å². The van der Waals surface area contributed by atoms with E-state index in [0.717, 1.165) is 13.6 Å². The van der Waals surface area contributed by atoms with Crippen molar-refractivity contribution in [2.45, 2.75) is 13.0 Å². The zero-order valence-electron chi connectivity index (χ0n) is 9.62. The number of halogens is 3. The molecule has 1 nitrogen and oxygen atoms in total. The van der Waals surface area contributed by atoms with Crippen LogP contribution in [0.4, 0.5) is 4.39 Å². The van der Waals surface area contributed by atoms with E-state index in [0.29, 0.717) is 11.1 Å². The quantitative estimate of drug-likeness (QED) is 0.705. The maximum absolute atomic E-state index is 13.2. The molecule has 4 heteroatoms. The predicted molar refractivity (Wildman–Crippen MR) is 82.1 cm³/mol. The van der Waals surface area contributed by atoms with Crippen molar-refractivity contribution in [3.63, 3.8) is 0 Å². The standard InChI is InChI=1S/C14H11BrFIO/c1-8-6-9(2-4-12(8)16)14(18)11-7-10(15)3-5-13(11)17/h2-7,14,18H,1H3. The van der Waals surface area contributed by atoms with E-state index in [-0.39, 0.29) is 5.82 Å². The lowest BCUT2D eigenvalue weighted by molar-refractivity contribution is 0.219. The van der Waals surface area contributed by atoms with Gasteiger partial charge in [-0.05, 0) is 70.5 Å². The summed E-state index contributed by atoms with van der Waals surface area (Å²) in [6, 6.07) is 10.4. The van der Waals surface area contributed by atoms with Crippen LogP contribution in [0.15, 0.2) is 40.9 Å². The summed E-state index contributed by atoms with van der Waals surface area (Å²) in [5, 5.41) is 10.4. The van der Waals surface area contributed by atoms with Gasteiger partial charge in [-0.25, -0.2) is 4.39 Å². The van der Waals surface area contributed by atoms with Crippen molar-refractivity contribution in [1.82, 2.24) is 0 Å². The Balaban J connectivity index is 2.44. The molecule has 1 unspecified atom stereocenters. The summed E-state index contributed by atoms with van der Waals surface area (Å²) < 4.78 is 15.1. The largest absolute Gasteiger partial charge is 0.384 e. The van der Waals surface area contributed by atoms with Gasteiger partial charge < -0.3 is 5.11 Å². The van der Waals surface area contributed by atoms with Crippen LogP contribution >= 0.6 is 38.5 Å². The van der Waals surface area contributed by atoms with Gasteiger partial charge >= 0.3 is 0 Å². The van der Waals surface area contributed by atoms with Gasteiger partial charge in [0.25, 0.3) is 0 Å². The molecular weight excluding hydrogens is 410 g/mol. The Kier molecular flexibility index (Phi) is 4.40. The Morgan fingerprint density at radius 2 is 1.94 bits per heavy atom. The van der Waals surface area contributed by atoms with Gasteiger partial charge in [-0.1, -0.05) is 28.1 Å². The fourth-order valence-corrected chi connectivity index (χ4v) is 2.75. The average Bonchev–Trinajstić information content (AvgIpc) is 2.35. The predicted octanol–water partition coefficient (Wildman–Crippen LogP) is 4.58. The van der Waals surface area contributed by atoms with Gasteiger partial charge in [0.2, 0.25) is 0 Å². The highest BCUT2D eigenvalue weighted by atomic mass is 127. The lowest BCUT2D eigenvalue weighted by atomic mass is 10.00. The van der Waals surface area contributed by atoms with Crippen molar-refractivity contribution in [2.75, 3.05) is 0 Å². The Hall–Kier alpha value is -0.460. The second-order valence-corrected chi connectivity index (χ2v) is 6.15. The van der Waals surface area contributed by atoms with Gasteiger partial charge in [-0.15, -0.1) is 0 Å². The Labute approximate surface area is 127 Å². The Bertz CT molecular complexity index is 586. The molecule has 94 valence electrons. The zero-order chi connectivity index (χ0) is 13.3. The molecule has 2 aromatic carbocycles. The van der Waals surface area contributed by atoms with Crippen LogP contribution in [0.25, 0.3) is 0 Å². The second kappa shape index (κ2) is 5.67. The van der Waals surface area contributed by atoms with Crippen LogP contribution in [0.5, 0.6) is 0 Å². The van der Waals surface area contributed by atoms with E-state index in [2.05, 4.69) is 38.5 Å². The minimum atomic E-state index is -0.742. The SMILES string of the molecule is Cc1cc(C(O)c2cc(Br)ccc2I)ccc1F. The van der Waals surface area contributed by atoms with Gasteiger partial charge in [-0.3, -0.25) is 0 Å². The summed E-state index contributed by atoms with van der Waals surface area (Å²) in [5.41, 5.74) is 2.05. The van der Waals surface area contributed by atoms with Crippen LogP contribution in [0.2, 0.25) is 0 Å². The van der Waals surface area contributed by atoms with Crippen LogP contribution in [-0.4, -0.2) is 5.11 Å². The summed E-state index contributed by atoms with van der Waals surface area (Å²) in [7, 11) is 0. The van der Waals surface area contributed by atoms with E-state index in [1.54, 1.807) is 19.1 Å². The number of aliphatic hydroxyl groups is 1. The summed E-state index contributed by atoms with van der Waals surface area (Å²) in [4.78, 5) is 0. The Morgan fingerprint density at radius 1 is 1.22 bits per heavy atom. The molecule has 0 aliphatic heterocycles. The molecule has 0 aromatic heterocycles. The molecule has 1 atom stereocenters. The van der Waals surface area contributed by atoms with Crippen LogP contribution < -0.4 is 0 Å². The molecule has 0 aliphatic carbocycles. The summed E-state index contributed by atoms with van der Waals surface area (Å²) in [6.45, 7) is 1.69. The van der Waals surface area contributed by atoms with Crippen LogP contribution in [-0.2, 0) is 0 Å². The first kappa shape index (κ1) is 14.0. The molecule has 0 fully saturated rings. The van der Waals surface area contributed by atoms with Crippen molar-refractivity contribution in [2.24, 2.45) is 0 Å². The lowest BCUT2D eigenvalue weighted by Gasteiger charge is -2.14. The highest BCUT2D eigenvalue weighted by Gasteiger charge is 2.15. The fraction of sp³-hybridized carbons (Fsp3) is 0.143. The fourth-order valence-electron chi connectivity index (χ4n) is 1.74. The molecule has 1 N–H and O–H groups in total. The highest BCUT2D eigenvalue weighted by Crippen LogP contribution is 2.29. The molecule has 2 aromatic rings. The van der Waals surface area contributed by atoms with Crippen molar-refractivity contribution in [3.8, 4) is 0 Å². The van der Waals surface area contributed by atoms with Gasteiger partial charge in [0, 0.05) is 8.04 Å². The van der Waals surface area contributed by atoms with Crippen molar-refractivity contribution < 1.29 is 9.50 Å². The zero-order valence-corrected chi connectivity index (χ0v) is 13.4. The minimum absolute atomic E-state index is 0.255. The molecule has 0 saturated heterocycles. The smallest absolute Gasteiger partial charge is 0.126 e. The van der Waals surface area contributed by atoms with Gasteiger partial charge in [0.05, 0.1) is 0 Å². The van der Waals surface area contributed by atoms with E-state index in [1.165, 1.54) is 6.07 Å². The maximum Gasteiger partial charge on any atom is 0.126 e. The third kappa shape index (κ3) is 2.92. The molecule has 0 bridgehead atoms. The van der Waals surface area contributed by atoms with Gasteiger partial charge in [-0.2, -0.15) is 0 Å². The summed E-state index contributed by atoms with van der Waals surface area (Å²) >= 11 is 5.57. The van der Waals surface area contributed by atoms with Crippen LogP contribution in [0.3, 0.4) is 0 Å². The van der Waals surface area contributed by atoms with Crippen molar-refractivity contribution in [3.05, 3.63) is 66.9 Å². The topological polar surface area (TPSA) is 20.2 Å². The molecule has 0 aliphatic rings.